The van der Waals surface area contributed by atoms with Crippen LogP contribution >= 0.6 is 11.8 Å². The zero-order valence-corrected chi connectivity index (χ0v) is 14.4. The number of fused-ring (bicyclic) bond motifs is 1. The highest BCUT2D eigenvalue weighted by Gasteiger charge is 2.17. The summed E-state index contributed by atoms with van der Waals surface area (Å²) in [6.07, 6.45) is 0. The van der Waals surface area contributed by atoms with E-state index in [9.17, 15) is 9.90 Å². The zero-order valence-electron chi connectivity index (χ0n) is 13.6. The molecule has 0 aliphatic carbocycles. The molecular formula is C19H18O3S. The lowest BCUT2D eigenvalue weighted by Gasteiger charge is -2.12. The Balaban J connectivity index is 2.20. The van der Waals surface area contributed by atoms with E-state index in [-0.39, 0.29) is 10.6 Å². The quantitative estimate of drug-likeness (QED) is 0.682. The topological polar surface area (TPSA) is 50.4 Å². The number of aromatic hydroxyl groups is 1. The van der Waals surface area contributed by atoms with Crippen LogP contribution in [0.1, 0.15) is 22.3 Å². The van der Waals surface area contributed by atoms with Crippen molar-refractivity contribution in [2.45, 2.75) is 37.5 Å². The van der Waals surface area contributed by atoms with Crippen LogP contribution in [0.2, 0.25) is 0 Å². The van der Waals surface area contributed by atoms with Gasteiger partial charge in [0.15, 0.2) is 0 Å². The standard InChI is InChI=1S/C19H18O3S/c1-10-5-6-15-14(9-10)16(20)18(19(21)22-15)23-17-12(3)7-11(2)8-13(17)4/h5-9,20H,1-4H3. The van der Waals surface area contributed by atoms with Crippen LogP contribution in [0, 0.1) is 27.7 Å². The molecule has 0 unspecified atom stereocenters. The van der Waals surface area contributed by atoms with Gasteiger partial charge in [0.25, 0.3) is 0 Å². The van der Waals surface area contributed by atoms with Crippen molar-refractivity contribution in [3.63, 3.8) is 0 Å². The first-order chi connectivity index (χ1) is 10.9. The molecule has 23 heavy (non-hydrogen) atoms. The molecule has 3 aromatic rings. The average molecular weight is 326 g/mol. The van der Waals surface area contributed by atoms with E-state index in [2.05, 4.69) is 12.1 Å². The molecule has 118 valence electrons. The Morgan fingerprint density at radius 3 is 2.22 bits per heavy atom. The van der Waals surface area contributed by atoms with Crippen molar-refractivity contribution in [3.05, 3.63) is 63.0 Å². The first-order valence-electron chi connectivity index (χ1n) is 7.39. The monoisotopic (exact) mass is 326 g/mol. The highest BCUT2D eigenvalue weighted by molar-refractivity contribution is 7.99. The molecule has 0 radical (unpaired) electrons. The fourth-order valence-electron chi connectivity index (χ4n) is 2.80. The van der Waals surface area contributed by atoms with Gasteiger partial charge in [-0.3, -0.25) is 0 Å². The largest absolute Gasteiger partial charge is 0.506 e. The maximum absolute atomic E-state index is 12.3. The molecule has 0 saturated carbocycles. The van der Waals surface area contributed by atoms with Crippen molar-refractivity contribution in [1.82, 2.24) is 0 Å². The summed E-state index contributed by atoms with van der Waals surface area (Å²) in [6, 6.07) is 9.53. The Morgan fingerprint density at radius 1 is 0.913 bits per heavy atom. The van der Waals surface area contributed by atoms with Crippen molar-refractivity contribution in [1.29, 1.82) is 0 Å². The summed E-state index contributed by atoms with van der Waals surface area (Å²) in [4.78, 5) is 13.5. The van der Waals surface area contributed by atoms with Gasteiger partial charge in [-0.1, -0.05) is 41.1 Å². The third-order valence-electron chi connectivity index (χ3n) is 3.80. The summed E-state index contributed by atoms with van der Waals surface area (Å²) < 4.78 is 5.37. The van der Waals surface area contributed by atoms with Crippen molar-refractivity contribution < 1.29 is 9.52 Å². The molecule has 3 nitrogen and oxygen atoms in total. The Kier molecular flexibility index (Phi) is 3.94. The number of rotatable bonds is 2. The Labute approximate surface area is 139 Å². The van der Waals surface area contributed by atoms with Gasteiger partial charge in [0.05, 0.1) is 5.39 Å². The number of hydrogen-bond acceptors (Lipinski definition) is 4. The molecule has 0 aliphatic rings. The van der Waals surface area contributed by atoms with Gasteiger partial charge in [-0.05, 0) is 51.0 Å². The lowest BCUT2D eigenvalue weighted by molar-refractivity contribution is 0.447. The van der Waals surface area contributed by atoms with Gasteiger partial charge in [0.1, 0.15) is 16.2 Å². The molecule has 1 N–H and O–H groups in total. The zero-order chi connectivity index (χ0) is 16.7. The maximum Gasteiger partial charge on any atom is 0.354 e. The molecule has 0 atom stereocenters. The molecular weight excluding hydrogens is 308 g/mol. The van der Waals surface area contributed by atoms with Crippen LogP contribution in [0.3, 0.4) is 0 Å². The van der Waals surface area contributed by atoms with Crippen LogP contribution in [0.15, 0.2) is 49.3 Å². The summed E-state index contributed by atoms with van der Waals surface area (Å²) >= 11 is 1.27. The van der Waals surface area contributed by atoms with Gasteiger partial charge in [0, 0.05) is 4.90 Å². The second-order valence-electron chi connectivity index (χ2n) is 5.90. The Morgan fingerprint density at radius 2 is 1.57 bits per heavy atom. The molecule has 0 amide bonds. The van der Waals surface area contributed by atoms with Crippen LogP contribution in [-0.4, -0.2) is 5.11 Å². The molecule has 1 heterocycles. The fourth-order valence-corrected chi connectivity index (χ4v) is 3.78. The minimum atomic E-state index is -0.511. The maximum atomic E-state index is 12.3. The third-order valence-corrected chi connectivity index (χ3v) is 5.21. The van der Waals surface area contributed by atoms with Gasteiger partial charge < -0.3 is 9.52 Å². The van der Waals surface area contributed by atoms with Crippen molar-refractivity contribution in [3.8, 4) is 5.75 Å². The van der Waals surface area contributed by atoms with Crippen LogP contribution in [0.5, 0.6) is 5.75 Å². The molecule has 0 spiro atoms. The predicted octanol–water partition coefficient (Wildman–Crippen LogP) is 4.88. The van der Waals surface area contributed by atoms with E-state index < -0.39 is 5.63 Å². The second-order valence-corrected chi connectivity index (χ2v) is 6.92. The van der Waals surface area contributed by atoms with E-state index in [1.807, 2.05) is 39.8 Å². The molecule has 1 aromatic heterocycles. The predicted molar refractivity (Wildman–Crippen MR) is 93.7 cm³/mol. The average Bonchev–Trinajstić information content (AvgIpc) is 2.46. The van der Waals surface area contributed by atoms with Crippen LogP contribution in [0.4, 0.5) is 0 Å². The number of hydrogen-bond donors (Lipinski definition) is 1. The molecule has 3 rings (SSSR count). The van der Waals surface area contributed by atoms with Gasteiger partial charge in [0.2, 0.25) is 0 Å². The van der Waals surface area contributed by atoms with E-state index in [0.717, 1.165) is 21.6 Å². The normalized spacial score (nSPS) is 11.1. The molecule has 0 bridgehead atoms. The summed E-state index contributed by atoms with van der Waals surface area (Å²) in [6.45, 7) is 7.99. The van der Waals surface area contributed by atoms with Crippen molar-refractivity contribution in [2.75, 3.05) is 0 Å². The Bertz CT molecular complexity index is 947. The molecule has 0 fully saturated rings. The van der Waals surface area contributed by atoms with Gasteiger partial charge in [-0.25, -0.2) is 4.79 Å². The molecule has 0 aliphatic heterocycles. The molecule has 4 heteroatoms. The van der Waals surface area contributed by atoms with E-state index in [0.29, 0.717) is 11.0 Å². The minimum Gasteiger partial charge on any atom is -0.506 e. The smallest absolute Gasteiger partial charge is 0.354 e. The van der Waals surface area contributed by atoms with Gasteiger partial charge in [-0.2, -0.15) is 0 Å². The van der Waals surface area contributed by atoms with Crippen LogP contribution < -0.4 is 5.63 Å². The first kappa shape index (κ1) is 15.7. The van der Waals surface area contributed by atoms with Gasteiger partial charge in [-0.15, -0.1) is 0 Å². The van der Waals surface area contributed by atoms with Crippen LogP contribution in [-0.2, 0) is 0 Å². The SMILES string of the molecule is Cc1cc(C)c(Sc2c(O)c3cc(C)ccc3oc2=O)c(C)c1. The summed E-state index contributed by atoms with van der Waals surface area (Å²) in [5, 5.41) is 11.1. The van der Waals surface area contributed by atoms with E-state index in [1.165, 1.54) is 17.3 Å². The number of aryl methyl sites for hydroxylation is 4. The lowest BCUT2D eigenvalue weighted by atomic mass is 10.1. The van der Waals surface area contributed by atoms with E-state index >= 15 is 0 Å². The van der Waals surface area contributed by atoms with Gasteiger partial charge >= 0.3 is 5.63 Å². The molecule has 0 saturated heterocycles. The number of benzene rings is 2. The van der Waals surface area contributed by atoms with E-state index in [4.69, 9.17) is 4.42 Å². The van der Waals surface area contributed by atoms with Crippen molar-refractivity contribution in [2.24, 2.45) is 0 Å². The Hall–Kier alpha value is -2.20. The van der Waals surface area contributed by atoms with Crippen molar-refractivity contribution >= 4 is 22.7 Å². The third kappa shape index (κ3) is 2.86. The minimum absolute atomic E-state index is 0.00988. The van der Waals surface area contributed by atoms with Crippen LogP contribution in [0.25, 0.3) is 11.0 Å². The van der Waals surface area contributed by atoms with E-state index in [1.54, 1.807) is 6.07 Å². The molecule has 2 aromatic carbocycles. The highest BCUT2D eigenvalue weighted by atomic mass is 32.2. The fraction of sp³-hybridized carbons (Fsp3) is 0.211. The second kappa shape index (κ2) is 5.78. The highest BCUT2D eigenvalue weighted by Crippen LogP contribution is 2.39. The lowest BCUT2D eigenvalue weighted by Crippen LogP contribution is -2.03. The summed E-state index contributed by atoms with van der Waals surface area (Å²) in [5.41, 5.74) is 4.23. The first-order valence-corrected chi connectivity index (χ1v) is 8.20. The summed E-state index contributed by atoms with van der Waals surface area (Å²) in [7, 11) is 0. The summed E-state index contributed by atoms with van der Waals surface area (Å²) in [5.74, 6) is -0.00988.